The highest BCUT2D eigenvalue weighted by atomic mass is 32.2. The van der Waals surface area contributed by atoms with Gasteiger partial charge in [-0.3, -0.25) is 14.9 Å². The summed E-state index contributed by atoms with van der Waals surface area (Å²) in [6.45, 7) is 1.75. The summed E-state index contributed by atoms with van der Waals surface area (Å²) in [5, 5.41) is 11.1. The first kappa shape index (κ1) is 23.1. The zero-order valence-electron chi connectivity index (χ0n) is 17.6. The number of nitro benzene ring substituents is 1. The van der Waals surface area contributed by atoms with E-state index in [2.05, 4.69) is 0 Å². The van der Waals surface area contributed by atoms with E-state index >= 15 is 0 Å². The van der Waals surface area contributed by atoms with Crippen molar-refractivity contribution >= 4 is 23.4 Å². The van der Waals surface area contributed by atoms with E-state index in [0.29, 0.717) is 16.9 Å². The van der Waals surface area contributed by atoms with Crippen LogP contribution in [0.15, 0.2) is 47.4 Å². The molecular formula is C22H25NO7S. The zero-order chi connectivity index (χ0) is 22.4. The van der Waals surface area contributed by atoms with Crippen LogP contribution in [0.25, 0.3) is 0 Å². The third-order valence-electron chi connectivity index (χ3n) is 4.91. The minimum atomic E-state index is -0.603. The van der Waals surface area contributed by atoms with Crippen molar-refractivity contribution in [1.82, 2.24) is 0 Å². The second-order valence-corrected chi connectivity index (χ2v) is 8.27. The van der Waals surface area contributed by atoms with E-state index in [-0.39, 0.29) is 12.0 Å². The van der Waals surface area contributed by atoms with Gasteiger partial charge in [0.15, 0.2) is 12.6 Å². The standard InChI is InChI=1S/C22H25NO7S/c1-14-29-22(30-14)16-9-12-19(18(13-16)23(25)26)31-20(21(24)28-3)6-4-5-15-7-10-17(27-2)11-8-15/h7-14,20,22H,4-6H2,1-3H3/t14?,20-,22?/m0/s1. The predicted molar refractivity (Wildman–Crippen MR) is 115 cm³/mol. The van der Waals surface area contributed by atoms with E-state index in [1.165, 1.54) is 13.2 Å². The van der Waals surface area contributed by atoms with Crippen LogP contribution in [-0.4, -0.2) is 36.7 Å². The van der Waals surface area contributed by atoms with Crippen molar-refractivity contribution in [2.45, 2.75) is 48.9 Å². The predicted octanol–water partition coefficient (Wildman–Crippen LogP) is 4.65. The van der Waals surface area contributed by atoms with Crippen molar-refractivity contribution < 1.29 is 28.7 Å². The second-order valence-electron chi connectivity index (χ2n) is 7.03. The maximum Gasteiger partial charge on any atom is 0.319 e. The van der Waals surface area contributed by atoms with Gasteiger partial charge in [-0.1, -0.05) is 18.2 Å². The van der Waals surface area contributed by atoms with Crippen LogP contribution in [0.1, 0.15) is 37.2 Å². The third kappa shape index (κ3) is 5.96. The van der Waals surface area contributed by atoms with Crippen LogP contribution < -0.4 is 4.74 Å². The highest BCUT2D eigenvalue weighted by Gasteiger charge is 2.31. The van der Waals surface area contributed by atoms with Crippen LogP contribution >= 0.6 is 11.8 Å². The summed E-state index contributed by atoms with van der Waals surface area (Å²) in [4.78, 5) is 23.9. The lowest BCUT2D eigenvalue weighted by molar-refractivity contribution is -0.391. The summed E-state index contributed by atoms with van der Waals surface area (Å²) in [5.41, 5.74) is 1.61. The zero-order valence-corrected chi connectivity index (χ0v) is 18.4. The second kappa shape index (κ2) is 10.6. The largest absolute Gasteiger partial charge is 0.497 e. The molecule has 0 N–H and O–H groups in total. The van der Waals surface area contributed by atoms with E-state index in [4.69, 9.17) is 18.9 Å². The van der Waals surface area contributed by atoms with Gasteiger partial charge in [-0.15, -0.1) is 11.8 Å². The van der Waals surface area contributed by atoms with Crippen molar-refractivity contribution in [2.24, 2.45) is 0 Å². The first-order chi connectivity index (χ1) is 14.9. The molecule has 1 aliphatic rings. The molecule has 1 heterocycles. The number of thioether (sulfide) groups is 1. The van der Waals surface area contributed by atoms with E-state index in [1.807, 2.05) is 24.3 Å². The number of nitro groups is 1. The van der Waals surface area contributed by atoms with Gasteiger partial charge in [0.05, 0.1) is 24.0 Å². The molecule has 0 spiro atoms. The highest BCUT2D eigenvalue weighted by Crippen LogP contribution is 2.39. The minimum Gasteiger partial charge on any atom is -0.497 e. The number of benzene rings is 2. The molecule has 1 aliphatic heterocycles. The molecule has 166 valence electrons. The minimum absolute atomic E-state index is 0.0849. The number of esters is 1. The monoisotopic (exact) mass is 447 g/mol. The first-order valence-electron chi connectivity index (χ1n) is 9.88. The average Bonchev–Trinajstić information content (AvgIpc) is 2.76. The van der Waals surface area contributed by atoms with Crippen LogP contribution in [0, 0.1) is 10.1 Å². The molecule has 0 unspecified atom stereocenters. The molecule has 0 bridgehead atoms. The Labute approximate surface area is 185 Å². The van der Waals surface area contributed by atoms with E-state index in [1.54, 1.807) is 26.2 Å². The Hall–Kier alpha value is -2.62. The molecular weight excluding hydrogens is 422 g/mol. The summed E-state index contributed by atoms with van der Waals surface area (Å²) in [6, 6.07) is 12.5. The molecule has 9 heteroatoms. The molecule has 1 saturated heterocycles. The molecule has 0 radical (unpaired) electrons. The number of nitrogens with zero attached hydrogens (tertiary/aromatic N) is 1. The molecule has 0 amide bonds. The van der Waals surface area contributed by atoms with Crippen molar-refractivity contribution in [2.75, 3.05) is 14.2 Å². The van der Waals surface area contributed by atoms with Crippen molar-refractivity contribution in [3.63, 3.8) is 0 Å². The Kier molecular flexibility index (Phi) is 7.89. The fourth-order valence-corrected chi connectivity index (χ4v) is 4.42. The first-order valence-corrected chi connectivity index (χ1v) is 10.8. The molecule has 0 saturated carbocycles. The Balaban J connectivity index is 1.67. The summed E-state index contributed by atoms with van der Waals surface area (Å²) in [5.74, 6) is 0.382. The Morgan fingerprint density at radius 3 is 2.48 bits per heavy atom. The third-order valence-corrected chi connectivity index (χ3v) is 6.22. The normalized spacial score (nSPS) is 18.7. The molecule has 8 nitrogen and oxygen atoms in total. The van der Waals surface area contributed by atoms with Gasteiger partial charge < -0.3 is 18.9 Å². The van der Waals surface area contributed by atoms with Crippen LogP contribution in [0.4, 0.5) is 5.69 Å². The van der Waals surface area contributed by atoms with E-state index < -0.39 is 22.4 Å². The lowest BCUT2D eigenvalue weighted by Crippen LogP contribution is -2.31. The topological polar surface area (TPSA) is 97.1 Å². The Morgan fingerprint density at radius 2 is 1.90 bits per heavy atom. The van der Waals surface area contributed by atoms with Crippen molar-refractivity contribution in [3.05, 3.63) is 63.7 Å². The Bertz CT molecular complexity index is 913. The number of methoxy groups -OCH3 is 2. The lowest BCUT2D eigenvalue weighted by atomic mass is 10.1. The molecule has 0 aromatic heterocycles. The molecule has 3 rings (SSSR count). The van der Waals surface area contributed by atoms with Crippen LogP contribution in [0.2, 0.25) is 0 Å². The van der Waals surface area contributed by atoms with Gasteiger partial charge in [-0.25, -0.2) is 0 Å². The number of hydrogen-bond acceptors (Lipinski definition) is 8. The summed E-state index contributed by atoms with van der Waals surface area (Å²) >= 11 is 1.15. The summed E-state index contributed by atoms with van der Waals surface area (Å²) in [6.07, 6.45) is 1.09. The van der Waals surface area contributed by atoms with E-state index in [0.717, 1.165) is 35.9 Å². The van der Waals surface area contributed by atoms with Crippen molar-refractivity contribution in [3.8, 4) is 5.75 Å². The molecule has 2 aromatic carbocycles. The van der Waals surface area contributed by atoms with Gasteiger partial charge in [0.2, 0.25) is 0 Å². The SMILES string of the molecule is COC(=O)[C@H](CCCc1ccc(OC)cc1)Sc1ccc(C2OC(C)O2)cc1[N+](=O)[O-]. The molecule has 31 heavy (non-hydrogen) atoms. The molecule has 1 atom stereocenters. The van der Waals surface area contributed by atoms with Gasteiger partial charge in [0.25, 0.3) is 5.69 Å². The number of aryl methyl sites for hydroxylation is 1. The number of hydrogen-bond donors (Lipinski definition) is 0. The van der Waals surface area contributed by atoms with E-state index in [9.17, 15) is 14.9 Å². The number of carbonyl (C=O) groups is 1. The van der Waals surface area contributed by atoms with Crippen LogP contribution in [0.5, 0.6) is 5.75 Å². The fourth-order valence-electron chi connectivity index (χ4n) is 3.23. The van der Waals surface area contributed by atoms with Gasteiger partial charge in [-0.2, -0.15) is 0 Å². The van der Waals surface area contributed by atoms with Crippen LogP contribution in [-0.2, 0) is 25.4 Å². The summed E-state index contributed by atoms with van der Waals surface area (Å²) in [7, 11) is 2.94. The number of ether oxygens (including phenoxy) is 4. The number of rotatable bonds is 10. The maximum atomic E-state index is 12.3. The fraction of sp³-hybridized carbons (Fsp3) is 0.409. The van der Waals surface area contributed by atoms with Crippen molar-refractivity contribution in [1.29, 1.82) is 0 Å². The average molecular weight is 448 g/mol. The smallest absolute Gasteiger partial charge is 0.319 e. The quantitative estimate of drug-likeness (QED) is 0.225. The Morgan fingerprint density at radius 1 is 1.19 bits per heavy atom. The maximum absolute atomic E-state index is 12.3. The molecule has 2 aromatic rings. The van der Waals surface area contributed by atoms with Gasteiger partial charge >= 0.3 is 5.97 Å². The van der Waals surface area contributed by atoms with Gasteiger partial charge in [-0.05, 0) is 49.9 Å². The number of carbonyl (C=O) groups excluding carboxylic acids is 1. The van der Waals surface area contributed by atoms with Crippen LogP contribution in [0.3, 0.4) is 0 Å². The molecule has 0 aliphatic carbocycles. The summed E-state index contributed by atoms with van der Waals surface area (Å²) < 4.78 is 20.9. The highest BCUT2D eigenvalue weighted by molar-refractivity contribution is 8.00. The van der Waals surface area contributed by atoms with Gasteiger partial charge in [0.1, 0.15) is 11.0 Å². The lowest BCUT2D eigenvalue weighted by Gasteiger charge is -2.33. The molecule has 1 fully saturated rings. The van der Waals surface area contributed by atoms with Gasteiger partial charge in [0, 0.05) is 11.6 Å².